The van der Waals surface area contributed by atoms with E-state index in [2.05, 4.69) is 4.40 Å². The van der Waals surface area contributed by atoms with Crippen LogP contribution in [-0.2, 0) is 14.8 Å². The summed E-state index contributed by atoms with van der Waals surface area (Å²) in [4.78, 5) is 11.5. The third-order valence-electron chi connectivity index (χ3n) is 2.01. The number of hydrogen-bond donors (Lipinski definition) is 1. The van der Waals surface area contributed by atoms with Crippen molar-refractivity contribution < 1.29 is 22.3 Å². The summed E-state index contributed by atoms with van der Waals surface area (Å²) in [6, 6.07) is 4.84. The van der Waals surface area contributed by atoms with E-state index in [1.54, 1.807) is 0 Å². The number of nitrogens with zero attached hydrogens (tertiary/aromatic N) is 1. The second-order valence-electron chi connectivity index (χ2n) is 3.35. The van der Waals surface area contributed by atoms with Gasteiger partial charge in [0.2, 0.25) is 0 Å². The highest BCUT2D eigenvalue weighted by molar-refractivity contribution is 7.94. The fourth-order valence-electron chi connectivity index (χ4n) is 1.20. The molecule has 0 aromatic heterocycles. The van der Waals surface area contributed by atoms with Gasteiger partial charge in [-0.2, -0.15) is 12.8 Å². The van der Waals surface area contributed by atoms with Gasteiger partial charge in [-0.05, 0) is 12.1 Å². The fraction of sp³-hybridized carbons (Fsp3) is 0. The molecular formula is C10H7FN2O4S. The van der Waals surface area contributed by atoms with E-state index < -0.39 is 32.6 Å². The van der Waals surface area contributed by atoms with Gasteiger partial charge in [-0.1, -0.05) is 6.07 Å². The van der Waals surface area contributed by atoms with Crippen molar-refractivity contribution in [3.8, 4) is 5.75 Å². The summed E-state index contributed by atoms with van der Waals surface area (Å²) in [5.41, 5.74) is 4.70. The van der Waals surface area contributed by atoms with Crippen LogP contribution in [0.1, 0.15) is 0 Å². The normalized spacial score (nSPS) is 16.9. The topological polar surface area (TPSA) is 98.8 Å². The number of ether oxygens (including phenoxy) is 1. The predicted octanol–water partition coefficient (Wildman–Crippen LogP) is 0.316. The van der Waals surface area contributed by atoms with E-state index in [-0.39, 0.29) is 5.75 Å². The molecular weight excluding hydrogens is 263 g/mol. The van der Waals surface area contributed by atoms with Gasteiger partial charge in [-0.15, -0.1) is 0 Å². The number of rotatable bonds is 2. The molecule has 0 saturated heterocycles. The molecule has 18 heavy (non-hydrogen) atoms. The number of hydrogen-bond acceptors (Lipinski definition) is 5. The van der Waals surface area contributed by atoms with Crippen LogP contribution >= 0.6 is 0 Å². The molecule has 2 N–H and O–H groups in total. The van der Waals surface area contributed by atoms with Gasteiger partial charge < -0.3 is 10.5 Å². The predicted molar refractivity (Wildman–Crippen MR) is 60.7 cm³/mol. The molecule has 0 bridgehead atoms. The molecule has 1 aliphatic heterocycles. The molecule has 0 radical (unpaired) electrons. The fourth-order valence-corrected chi connectivity index (χ4v) is 1.96. The van der Waals surface area contributed by atoms with Crippen molar-refractivity contribution in [3.63, 3.8) is 0 Å². The van der Waals surface area contributed by atoms with Crippen molar-refractivity contribution in [2.75, 3.05) is 0 Å². The first-order chi connectivity index (χ1) is 8.38. The molecule has 2 rings (SSSR count). The lowest BCUT2D eigenvalue weighted by Crippen LogP contribution is -2.17. The van der Waals surface area contributed by atoms with Crippen LogP contribution in [0.4, 0.5) is 4.39 Å². The second kappa shape index (κ2) is 4.22. The van der Waals surface area contributed by atoms with Crippen molar-refractivity contribution in [3.05, 3.63) is 41.2 Å². The molecule has 1 aliphatic rings. The van der Waals surface area contributed by atoms with Gasteiger partial charge in [0.25, 0.3) is 10.0 Å². The van der Waals surface area contributed by atoms with Crippen LogP contribution in [-0.4, -0.2) is 20.1 Å². The van der Waals surface area contributed by atoms with Crippen LogP contribution in [0.2, 0.25) is 0 Å². The number of sulfonamides is 1. The zero-order valence-electron chi connectivity index (χ0n) is 8.83. The average molecular weight is 270 g/mol. The lowest BCUT2D eigenvalue weighted by Gasteiger charge is -2.01. The van der Waals surface area contributed by atoms with E-state index in [1.807, 2.05) is 0 Å². The number of esters is 1. The van der Waals surface area contributed by atoms with E-state index >= 15 is 0 Å². The molecule has 1 aromatic carbocycles. The number of carbonyl (C=O) groups excluding carboxylic acids is 1. The maximum Gasteiger partial charge on any atom is 0.363 e. The Morgan fingerprint density at radius 2 is 2.11 bits per heavy atom. The first-order valence-electron chi connectivity index (χ1n) is 4.68. The Balaban J connectivity index is 2.21. The minimum Gasteiger partial charge on any atom is -0.422 e. The molecule has 1 heterocycles. The Bertz CT molecular complexity index is 679. The molecule has 1 aromatic rings. The largest absolute Gasteiger partial charge is 0.422 e. The summed E-state index contributed by atoms with van der Waals surface area (Å²) in [5, 5.41) is -0.534. The lowest BCUT2D eigenvalue weighted by molar-refractivity contribution is -0.126. The van der Waals surface area contributed by atoms with Gasteiger partial charge in [0.1, 0.15) is 11.6 Å². The number of halogens is 1. The lowest BCUT2D eigenvalue weighted by atomic mass is 10.3. The molecule has 0 fully saturated rings. The molecule has 0 aliphatic carbocycles. The van der Waals surface area contributed by atoms with Crippen LogP contribution in [0.15, 0.2) is 39.8 Å². The highest BCUT2D eigenvalue weighted by atomic mass is 32.2. The summed E-state index contributed by atoms with van der Waals surface area (Å²) in [7, 11) is -3.97. The minimum absolute atomic E-state index is 0.0565. The Morgan fingerprint density at radius 1 is 1.39 bits per heavy atom. The number of nitrogens with two attached hydrogens (primary N) is 1. The molecule has 6 nitrogen and oxygen atoms in total. The Kier molecular flexibility index (Phi) is 2.87. The SMILES string of the molecule is NC1=CC(C(=O)Oc2cccc(F)c2)=NS1(=O)=O. The monoisotopic (exact) mass is 270 g/mol. The second-order valence-corrected chi connectivity index (χ2v) is 4.95. The maximum atomic E-state index is 12.8. The van der Waals surface area contributed by atoms with E-state index in [0.29, 0.717) is 0 Å². The van der Waals surface area contributed by atoms with Crippen molar-refractivity contribution in [1.82, 2.24) is 0 Å². The minimum atomic E-state index is -3.97. The van der Waals surface area contributed by atoms with Crippen LogP contribution < -0.4 is 10.5 Å². The van der Waals surface area contributed by atoms with Crippen molar-refractivity contribution in [2.45, 2.75) is 0 Å². The summed E-state index contributed by atoms with van der Waals surface area (Å²) in [6.07, 6.45) is 0.886. The molecule has 0 unspecified atom stereocenters. The van der Waals surface area contributed by atoms with Gasteiger partial charge in [0, 0.05) is 12.1 Å². The molecule has 0 spiro atoms. The summed E-state index contributed by atoms with van der Waals surface area (Å²) >= 11 is 0. The first kappa shape index (κ1) is 12.2. The van der Waals surface area contributed by atoms with Crippen LogP contribution in [0.25, 0.3) is 0 Å². The molecule has 0 saturated carbocycles. The van der Waals surface area contributed by atoms with Gasteiger partial charge in [0.15, 0.2) is 10.7 Å². The van der Waals surface area contributed by atoms with Crippen molar-refractivity contribution in [1.29, 1.82) is 0 Å². The Labute approximate surface area is 102 Å². The zero-order valence-corrected chi connectivity index (χ0v) is 9.65. The summed E-state index contributed by atoms with van der Waals surface area (Å²) in [5.74, 6) is -1.67. The standard InChI is InChI=1S/C10H7FN2O4S/c11-6-2-1-3-7(4-6)17-10(14)8-5-9(12)18(15,16)13-8/h1-5H,12H2. The Hall–Kier alpha value is -2.22. The van der Waals surface area contributed by atoms with E-state index in [1.165, 1.54) is 18.2 Å². The third kappa shape index (κ3) is 2.38. The van der Waals surface area contributed by atoms with Gasteiger partial charge >= 0.3 is 5.97 Å². The maximum absolute atomic E-state index is 12.8. The molecule has 0 amide bonds. The van der Waals surface area contributed by atoms with E-state index in [9.17, 15) is 17.6 Å². The molecule has 8 heteroatoms. The van der Waals surface area contributed by atoms with Gasteiger partial charge in [-0.3, -0.25) is 0 Å². The third-order valence-corrected chi connectivity index (χ3v) is 3.16. The van der Waals surface area contributed by atoms with Crippen molar-refractivity contribution in [2.24, 2.45) is 10.1 Å². The number of carbonyl (C=O) groups is 1. The van der Waals surface area contributed by atoms with Gasteiger partial charge in [-0.25, -0.2) is 9.18 Å². The first-order valence-corrected chi connectivity index (χ1v) is 6.12. The average Bonchev–Trinajstić information content (AvgIpc) is 2.53. The molecule has 94 valence electrons. The van der Waals surface area contributed by atoms with E-state index in [0.717, 1.165) is 12.1 Å². The highest BCUT2D eigenvalue weighted by Crippen LogP contribution is 2.16. The molecule has 0 atom stereocenters. The van der Waals surface area contributed by atoms with Crippen LogP contribution in [0.5, 0.6) is 5.75 Å². The van der Waals surface area contributed by atoms with Crippen LogP contribution in [0, 0.1) is 5.82 Å². The number of benzene rings is 1. The summed E-state index contributed by atoms with van der Waals surface area (Å²) in [6.45, 7) is 0. The van der Waals surface area contributed by atoms with Gasteiger partial charge in [0.05, 0.1) is 0 Å². The summed E-state index contributed by atoms with van der Waals surface area (Å²) < 4.78 is 43.0. The Morgan fingerprint density at radius 3 is 2.67 bits per heavy atom. The quantitative estimate of drug-likeness (QED) is 0.616. The smallest absolute Gasteiger partial charge is 0.363 e. The van der Waals surface area contributed by atoms with Crippen molar-refractivity contribution >= 4 is 21.7 Å². The van der Waals surface area contributed by atoms with Crippen LogP contribution in [0.3, 0.4) is 0 Å². The van der Waals surface area contributed by atoms with E-state index in [4.69, 9.17) is 10.5 Å². The zero-order chi connectivity index (χ0) is 13.3. The highest BCUT2D eigenvalue weighted by Gasteiger charge is 2.27.